The molecule has 118 valence electrons. The average Bonchev–Trinajstić information content (AvgIpc) is 2.87. The quantitative estimate of drug-likeness (QED) is 0.709. The summed E-state index contributed by atoms with van der Waals surface area (Å²) in [6, 6.07) is -0.774. The Labute approximate surface area is 121 Å². The number of aliphatic hydroxyl groups excluding tert-OH is 1. The van der Waals surface area contributed by atoms with Gasteiger partial charge in [-0.05, 0) is 32.1 Å². The molecule has 1 heterocycles. The largest absolute Gasteiger partial charge is 0.396 e. The summed E-state index contributed by atoms with van der Waals surface area (Å²) >= 11 is 0. The number of nitrogens with one attached hydrogen (secondary N) is 1. The highest BCUT2D eigenvalue weighted by Gasteiger charge is 2.38. The summed E-state index contributed by atoms with van der Waals surface area (Å²) in [4.78, 5) is 12.2. The highest BCUT2D eigenvalue weighted by atomic mass is 32.2. The first-order valence-electron chi connectivity index (χ1n) is 7.24. The van der Waals surface area contributed by atoms with Crippen LogP contribution < -0.4 is 5.32 Å². The molecule has 0 bridgehead atoms. The number of aliphatic hydroxyl groups is 1. The zero-order chi connectivity index (χ0) is 15.3. The fourth-order valence-corrected chi connectivity index (χ4v) is 4.08. The molecule has 0 aromatic rings. The molecule has 0 spiro atoms. The predicted octanol–water partition coefficient (Wildman–Crippen LogP) is 0.324. The second-order valence-electron chi connectivity index (χ2n) is 5.54. The summed E-state index contributed by atoms with van der Waals surface area (Å²) in [6.07, 6.45) is 1.82. The maximum absolute atomic E-state index is 12.2. The van der Waals surface area contributed by atoms with Crippen molar-refractivity contribution in [2.75, 3.05) is 18.9 Å². The van der Waals surface area contributed by atoms with Crippen LogP contribution in [0.4, 0.5) is 0 Å². The van der Waals surface area contributed by atoms with E-state index in [1.807, 2.05) is 20.8 Å². The van der Waals surface area contributed by atoms with E-state index in [9.17, 15) is 13.2 Å². The van der Waals surface area contributed by atoms with Gasteiger partial charge in [0.2, 0.25) is 15.9 Å². The molecule has 7 heteroatoms. The third-order valence-electron chi connectivity index (χ3n) is 3.84. The monoisotopic (exact) mass is 306 g/mol. The maximum Gasteiger partial charge on any atom is 0.238 e. The standard InChI is InChI=1S/C13H26N2O4S/c1-4-8-20(18,19)15-7-5-6-12(15)13(17)14-11(3)10(2)9-16/h10-12,16H,4-9H2,1-3H3,(H,14,17). The van der Waals surface area contributed by atoms with Crippen LogP contribution in [0.5, 0.6) is 0 Å². The van der Waals surface area contributed by atoms with E-state index in [1.54, 1.807) is 0 Å². The number of hydrogen-bond acceptors (Lipinski definition) is 4. The number of nitrogens with zero attached hydrogens (tertiary/aromatic N) is 1. The molecule has 1 saturated heterocycles. The lowest BCUT2D eigenvalue weighted by Crippen LogP contribution is -2.50. The number of carbonyl (C=O) groups excluding carboxylic acids is 1. The summed E-state index contributed by atoms with van der Waals surface area (Å²) in [7, 11) is -3.34. The zero-order valence-electron chi connectivity index (χ0n) is 12.5. The summed E-state index contributed by atoms with van der Waals surface area (Å²) in [5.74, 6) is -0.227. The normalized spacial score (nSPS) is 23.5. The van der Waals surface area contributed by atoms with Gasteiger partial charge >= 0.3 is 0 Å². The molecule has 1 amide bonds. The third kappa shape index (κ3) is 4.17. The van der Waals surface area contributed by atoms with Gasteiger partial charge in [0.25, 0.3) is 0 Å². The van der Waals surface area contributed by atoms with Crippen LogP contribution in [0, 0.1) is 5.92 Å². The summed E-state index contributed by atoms with van der Waals surface area (Å²) in [5.41, 5.74) is 0. The number of carbonyl (C=O) groups is 1. The molecule has 0 aliphatic carbocycles. The maximum atomic E-state index is 12.2. The van der Waals surface area contributed by atoms with E-state index in [-0.39, 0.29) is 30.2 Å². The van der Waals surface area contributed by atoms with Gasteiger partial charge in [0.1, 0.15) is 6.04 Å². The molecule has 1 aliphatic rings. The summed E-state index contributed by atoms with van der Waals surface area (Å²) in [6.45, 7) is 5.88. The lowest BCUT2D eigenvalue weighted by molar-refractivity contribution is -0.125. The average molecular weight is 306 g/mol. The zero-order valence-corrected chi connectivity index (χ0v) is 13.3. The molecule has 3 atom stereocenters. The SMILES string of the molecule is CCCS(=O)(=O)N1CCCC1C(=O)NC(C)C(C)CO. The Bertz CT molecular complexity index is 424. The smallest absolute Gasteiger partial charge is 0.238 e. The van der Waals surface area contributed by atoms with Crippen molar-refractivity contribution in [3.63, 3.8) is 0 Å². The fourth-order valence-electron chi connectivity index (χ4n) is 2.33. The van der Waals surface area contributed by atoms with Gasteiger partial charge in [-0.15, -0.1) is 0 Å². The minimum atomic E-state index is -3.34. The van der Waals surface area contributed by atoms with Crippen LogP contribution in [0.15, 0.2) is 0 Å². The van der Waals surface area contributed by atoms with Crippen molar-refractivity contribution in [1.82, 2.24) is 9.62 Å². The van der Waals surface area contributed by atoms with Crippen molar-refractivity contribution >= 4 is 15.9 Å². The van der Waals surface area contributed by atoms with E-state index in [2.05, 4.69) is 5.32 Å². The fraction of sp³-hybridized carbons (Fsp3) is 0.923. The Balaban J connectivity index is 2.72. The molecule has 1 fully saturated rings. The van der Waals surface area contributed by atoms with Crippen molar-refractivity contribution in [2.24, 2.45) is 5.92 Å². The molecular weight excluding hydrogens is 280 g/mol. The first-order chi connectivity index (χ1) is 9.33. The Kier molecular flexibility index (Phi) is 6.42. The van der Waals surface area contributed by atoms with E-state index in [0.29, 0.717) is 25.8 Å². The van der Waals surface area contributed by atoms with Gasteiger partial charge in [-0.3, -0.25) is 4.79 Å². The van der Waals surface area contributed by atoms with Gasteiger partial charge in [0, 0.05) is 19.2 Å². The van der Waals surface area contributed by atoms with Gasteiger partial charge in [-0.1, -0.05) is 13.8 Å². The lowest BCUT2D eigenvalue weighted by Gasteiger charge is -2.26. The van der Waals surface area contributed by atoms with Crippen molar-refractivity contribution in [3.05, 3.63) is 0 Å². The molecule has 1 rings (SSSR count). The Hall–Kier alpha value is -0.660. The van der Waals surface area contributed by atoms with Gasteiger partial charge in [-0.2, -0.15) is 4.31 Å². The van der Waals surface area contributed by atoms with Crippen molar-refractivity contribution in [3.8, 4) is 0 Å². The minimum Gasteiger partial charge on any atom is -0.396 e. The molecule has 0 aromatic heterocycles. The summed E-state index contributed by atoms with van der Waals surface area (Å²) < 4.78 is 25.6. The second-order valence-corrected chi connectivity index (χ2v) is 7.58. The number of sulfonamides is 1. The van der Waals surface area contributed by atoms with Crippen molar-refractivity contribution < 1.29 is 18.3 Å². The molecule has 0 aromatic carbocycles. The first kappa shape index (κ1) is 17.4. The Morgan fingerprint density at radius 2 is 2.10 bits per heavy atom. The van der Waals surface area contributed by atoms with Gasteiger partial charge in [0.15, 0.2) is 0 Å². The van der Waals surface area contributed by atoms with Crippen LogP contribution in [-0.4, -0.2) is 54.7 Å². The van der Waals surface area contributed by atoms with E-state index in [0.717, 1.165) is 0 Å². The van der Waals surface area contributed by atoms with Crippen LogP contribution in [0.3, 0.4) is 0 Å². The van der Waals surface area contributed by atoms with E-state index < -0.39 is 16.1 Å². The Morgan fingerprint density at radius 3 is 2.65 bits per heavy atom. The third-order valence-corrected chi connectivity index (χ3v) is 5.91. The second kappa shape index (κ2) is 7.38. The van der Waals surface area contributed by atoms with Crippen molar-refractivity contribution in [2.45, 2.75) is 52.1 Å². The van der Waals surface area contributed by atoms with Crippen LogP contribution in [0.2, 0.25) is 0 Å². The van der Waals surface area contributed by atoms with Crippen LogP contribution >= 0.6 is 0 Å². The van der Waals surface area contributed by atoms with Gasteiger partial charge in [0.05, 0.1) is 5.75 Å². The van der Waals surface area contributed by atoms with Gasteiger partial charge < -0.3 is 10.4 Å². The molecule has 0 saturated carbocycles. The summed E-state index contributed by atoms with van der Waals surface area (Å²) in [5, 5.41) is 11.9. The van der Waals surface area contributed by atoms with Gasteiger partial charge in [-0.25, -0.2) is 8.42 Å². The van der Waals surface area contributed by atoms with Crippen LogP contribution in [-0.2, 0) is 14.8 Å². The first-order valence-corrected chi connectivity index (χ1v) is 8.85. The van der Waals surface area contributed by atoms with Crippen LogP contribution in [0.25, 0.3) is 0 Å². The van der Waals surface area contributed by atoms with Crippen molar-refractivity contribution in [1.29, 1.82) is 0 Å². The number of amides is 1. The minimum absolute atomic E-state index is 0.00996. The predicted molar refractivity (Wildman–Crippen MR) is 77.7 cm³/mol. The van der Waals surface area contributed by atoms with E-state index in [1.165, 1.54) is 4.31 Å². The molecule has 3 unspecified atom stereocenters. The van der Waals surface area contributed by atoms with E-state index >= 15 is 0 Å². The lowest BCUT2D eigenvalue weighted by atomic mass is 10.0. The highest BCUT2D eigenvalue weighted by Crippen LogP contribution is 2.22. The van der Waals surface area contributed by atoms with Crippen LogP contribution in [0.1, 0.15) is 40.0 Å². The molecule has 6 nitrogen and oxygen atoms in total. The Morgan fingerprint density at radius 1 is 1.45 bits per heavy atom. The molecule has 2 N–H and O–H groups in total. The molecular formula is C13H26N2O4S. The molecule has 1 aliphatic heterocycles. The highest BCUT2D eigenvalue weighted by molar-refractivity contribution is 7.89. The van der Waals surface area contributed by atoms with E-state index in [4.69, 9.17) is 5.11 Å². The topological polar surface area (TPSA) is 86.7 Å². The molecule has 20 heavy (non-hydrogen) atoms. The molecule has 0 radical (unpaired) electrons. The number of rotatable bonds is 7. The number of hydrogen-bond donors (Lipinski definition) is 2.